The molecule has 0 bridgehead atoms. The Balaban J connectivity index is 2.15. The maximum atomic E-state index is 11.5. The summed E-state index contributed by atoms with van der Waals surface area (Å²) in [5.41, 5.74) is 3.17. The van der Waals surface area contributed by atoms with Crippen LogP contribution in [-0.2, 0) is 12.8 Å². The van der Waals surface area contributed by atoms with Gasteiger partial charge in [0.25, 0.3) is 0 Å². The molecule has 1 aliphatic rings. The molecule has 0 saturated heterocycles. The van der Waals surface area contributed by atoms with E-state index in [4.69, 9.17) is 0 Å². The van der Waals surface area contributed by atoms with Gasteiger partial charge >= 0.3 is 5.97 Å². The zero-order chi connectivity index (χ0) is 14.8. The van der Waals surface area contributed by atoms with Gasteiger partial charge < -0.3 is 5.11 Å². The molecule has 110 valence electrons. The number of rotatable bonds is 3. The molecule has 0 unspecified atom stereocenters. The summed E-state index contributed by atoms with van der Waals surface area (Å²) in [6.45, 7) is 0. The molecule has 1 heterocycles. The van der Waals surface area contributed by atoms with Gasteiger partial charge in [-0.25, -0.2) is 9.48 Å². The second kappa shape index (κ2) is 5.93. The molecule has 0 atom stereocenters. The summed E-state index contributed by atoms with van der Waals surface area (Å²) < 4.78 is 1.84. The molecule has 0 aliphatic heterocycles. The third kappa shape index (κ3) is 2.70. The van der Waals surface area contributed by atoms with Crippen molar-refractivity contribution in [3.05, 3.63) is 41.2 Å². The lowest BCUT2D eigenvalue weighted by Gasteiger charge is -2.08. The van der Waals surface area contributed by atoms with Crippen molar-refractivity contribution >= 4 is 17.7 Å². The Bertz CT molecular complexity index is 679. The molecular formula is C16H18N2O2S. The molecule has 1 aromatic carbocycles. The van der Waals surface area contributed by atoms with Gasteiger partial charge in [0.2, 0.25) is 0 Å². The van der Waals surface area contributed by atoms with Crippen LogP contribution in [0.3, 0.4) is 0 Å². The summed E-state index contributed by atoms with van der Waals surface area (Å²) in [4.78, 5) is 12.6. The van der Waals surface area contributed by atoms with Crippen LogP contribution in [0.25, 0.3) is 5.69 Å². The van der Waals surface area contributed by atoms with Crippen LogP contribution >= 0.6 is 11.8 Å². The van der Waals surface area contributed by atoms with E-state index in [0.717, 1.165) is 53.9 Å². The van der Waals surface area contributed by atoms with Crippen molar-refractivity contribution in [2.45, 2.75) is 37.0 Å². The fraction of sp³-hybridized carbons (Fsp3) is 0.375. The van der Waals surface area contributed by atoms with E-state index < -0.39 is 5.97 Å². The van der Waals surface area contributed by atoms with Gasteiger partial charge in [0.05, 0.1) is 5.69 Å². The predicted molar refractivity (Wildman–Crippen MR) is 83.6 cm³/mol. The fourth-order valence-corrected chi connectivity index (χ4v) is 3.36. The molecule has 0 radical (unpaired) electrons. The fourth-order valence-electron chi connectivity index (χ4n) is 2.90. The van der Waals surface area contributed by atoms with Crippen LogP contribution in [0.2, 0.25) is 0 Å². The summed E-state index contributed by atoms with van der Waals surface area (Å²) in [6.07, 6.45) is 7.05. The van der Waals surface area contributed by atoms with Crippen LogP contribution in [0.15, 0.2) is 29.2 Å². The topological polar surface area (TPSA) is 55.1 Å². The highest BCUT2D eigenvalue weighted by Crippen LogP contribution is 2.27. The van der Waals surface area contributed by atoms with Crippen LogP contribution in [0.5, 0.6) is 0 Å². The van der Waals surface area contributed by atoms with E-state index in [1.54, 1.807) is 11.8 Å². The lowest BCUT2D eigenvalue weighted by molar-refractivity contribution is 0.0688. The van der Waals surface area contributed by atoms with Crippen molar-refractivity contribution < 1.29 is 9.90 Å². The van der Waals surface area contributed by atoms with Crippen molar-refractivity contribution in [1.29, 1.82) is 0 Å². The average molecular weight is 302 g/mol. The molecule has 4 nitrogen and oxygen atoms in total. The Kier molecular flexibility index (Phi) is 4.01. The van der Waals surface area contributed by atoms with Crippen LogP contribution < -0.4 is 0 Å². The lowest BCUT2D eigenvalue weighted by atomic mass is 10.1. The molecule has 3 rings (SSSR count). The molecule has 0 spiro atoms. The SMILES string of the molecule is CSc1cccc(-n2nc(C(=O)O)c3c2CCCCC3)c1. The standard InChI is InChI=1S/C16H18N2O2S/c1-21-12-7-5-6-11(10-12)18-14-9-4-2-3-8-13(14)15(17-18)16(19)20/h5-7,10H,2-4,8-9H2,1H3,(H,19,20). The Morgan fingerprint density at radius 3 is 2.86 bits per heavy atom. The minimum atomic E-state index is -0.923. The minimum Gasteiger partial charge on any atom is -0.476 e. The molecule has 5 heteroatoms. The van der Waals surface area contributed by atoms with Crippen molar-refractivity contribution in [1.82, 2.24) is 9.78 Å². The maximum absolute atomic E-state index is 11.5. The highest BCUT2D eigenvalue weighted by atomic mass is 32.2. The van der Waals surface area contributed by atoms with Gasteiger partial charge in [-0.2, -0.15) is 5.10 Å². The van der Waals surface area contributed by atoms with Gasteiger partial charge in [0.15, 0.2) is 5.69 Å². The summed E-state index contributed by atoms with van der Waals surface area (Å²) in [6, 6.07) is 8.10. The highest BCUT2D eigenvalue weighted by molar-refractivity contribution is 7.98. The Morgan fingerprint density at radius 1 is 1.29 bits per heavy atom. The van der Waals surface area contributed by atoms with E-state index >= 15 is 0 Å². The first-order chi connectivity index (χ1) is 10.2. The molecule has 0 fully saturated rings. The largest absolute Gasteiger partial charge is 0.476 e. The van der Waals surface area contributed by atoms with Crippen molar-refractivity contribution in [2.24, 2.45) is 0 Å². The number of carboxylic acid groups (broad SMARTS) is 1. The molecule has 2 aromatic rings. The monoisotopic (exact) mass is 302 g/mol. The molecule has 21 heavy (non-hydrogen) atoms. The Hall–Kier alpha value is -1.75. The number of hydrogen-bond donors (Lipinski definition) is 1. The predicted octanol–water partition coefficient (Wildman–Crippen LogP) is 3.56. The average Bonchev–Trinajstić information content (AvgIpc) is 2.69. The number of benzene rings is 1. The van der Waals surface area contributed by atoms with Gasteiger partial charge in [-0.15, -0.1) is 11.8 Å². The van der Waals surface area contributed by atoms with E-state index in [0.29, 0.717) is 0 Å². The molecular weight excluding hydrogens is 284 g/mol. The van der Waals surface area contributed by atoms with Crippen LogP contribution in [0.1, 0.15) is 41.0 Å². The zero-order valence-corrected chi connectivity index (χ0v) is 12.8. The van der Waals surface area contributed by atoms with E-state index in [2.05, 4.69) is 17.2 Å². The summed E-state index contributed by atoms with van der Waals surface area (Å²) in [7, 11) is 0. The van der Waals surface area contributed by atoms with Gasteiger partial charge in [-0.1, -0.05) is 12.5 Å². The van der Waals surface area contributed by atoms with Crippen molar-refractivity contribution in [3.63, 3.8) is 0 Å². The quantitative estimate of drug-likeness (QED) is 0.696. The first-order valence-corrected chi connectivity index (χ1v) is 8.41. The Morgan fingerprint density at radius 2 is 2.10 bits per heavy atom. The van der Waals surface area contributed by atoms with Gasteiger partial charge in [0, 0.05) is 16.2 Å². The summed E-state index contributed by atoms with van der Waals surface area (Å²) in [5.74, 6) is -0.923. The summed E-state index contributed by atoms with van der Waals surface area (Å²) >= 11 is 1.67. The normalized spacial score (nSPS) is 14.5. The smallest absolute Gasteiger partial charge is 0.356 e. The molecule has 0 saturated carbocycles. The molecule has 0 amide bonds. The number of thioether (sulfide) groups is 1. The van der Waals surface area contributed by atoms with E-state index in [9.17, 15) is 9.90 Å². The number of carbonyl (C=O) groups is 1. The number of fused-ring (bicyclic) bond motifs is 1. The summed E-state index contributed by atoms with van der Waals surface area (Å²) in [5, 5.41) is 13.8. The minimum absolute atomic E-state index is 0.224. The number of aromatic nitrogens is 2. The van der Waals surface area contributed by atoms with Crippen LogP contribution in [-0.4, -0.2) is 27.1 Å². The van der Waals surface area contributed by atoms with Gasteiger partial charge in [-0.3, -0.25) is 0 Å². The lowest BCUT2D eigenvalue weighted by Crippen LogP contribution is -2.04. The molecule has 1 aromatic heterocycles. The van der Waals surface area contributed by atoms with E-state index in [-0.39, 0.29) is 5.69 Å². The first-order valence-electron chi connectivity index (χ1n) is 7.19. The van der Waals surface area contributed by atoms with Crippen molar-refractivity contribution in [2.75, 3.05) is 6.26 Å². The maximum Gasteiger partial charge on any atom is 0.356 e. The molecule has 1 aliphatic carbocycles. The van der Waals surface area contributed by atoms with Crippen molar-refractivity contribution in [3.8, 4) is 5.69 Å². The first kappa shape index (κ1) is 14.2. The second-order valence-electron chi connectivity index (χ2n) is 5.25. The number of nitrogens with zero attached hydrogens (tertiary/aromatic N) is 2. The van der Waals surface area contributed by atoms with E-state index in [1.807, 2.05) is 23.1 Å². The zero-order valence-electron chi connectivity index (χ0n) is 12.0. The number of hydrogen-bond acceptors (Lipinski definition) is 3. The highest BCUT2D eigenvalue weighted by Gasteiger charge is 2.24. The van der Waals surface area contributed by atoms with Crippen LogP contribution in [0.4, 0.5) is 0 Å². The molecule has 1 N–H and O–H groups in total. The third-order valence-corrected chi connectivity index (χ3v) is 4.66. The second-order valence-corrected chi connectivity index (χ2v) is 6.13. The van der Waals surface area contributed by atoms with Crippen LogP contribution in [0, 0.1) is 0 Å². The van der Waals surface area contributed by atoms with Gasteiger partial charge in [0.1, 0.15) is 0 Å². The van der Waals surface area contributed by atoms with Gasteiger partial charge in [-0.05, 0) is 50.1 Å². The number of carboxylic acids is 1. The van der Waals surface area contributed by atoms with E-state index in [1.165, 1.54) is 0 Å². The number of aromatic carboxylic acids is 1. The Labute approximate surface area is 128 Å². The third-order valence-electron chi connectivity index (χ3n) is 3.93.